The molecule has 1 saturated heterocycles. The SMILES string of the molecule is O=CCCN1C(=O)C(=Cc2ccccc2)SC1=S. The molecule has 0 aliphatic carbocycles. The van der Waals surface area contributed by atoms with Gasteiger partial charge in [-0.15, -0.1) is 0 Å². The predicted octanol–water partition coefficient (Wildman–Crippen LogP) is 2.48. The van der Waals surface area contributed by atoms with Crippen molar-refractivity contribution in [2.75, 3.05) is 6.54 Å². The number of carbonyl (C=O) groups excluding carboxylic acids is 2. The van der Waals surface area contributed by atoms with Gasteiger partial charge in [0.05, 0.1) is 4.91 Å². The Labute approximate surface area is 115 Å². The summed E-state index contributed by atoms with van der Waals surface area (Å²) in [5.74, 6) is -0.115. The molecule has 1 aliphatic heterocycles. The average Bonchev–Trinajstić information content (AvgIpc) is 2.64. The Kier molecular flexibility index (Phi) is 4.28. The topological polar surface area (TPSA) is 37.4 Å². The first-order valence-electron chi connectivity index (χ1n) is 5.46. The molecule has 1 aliphatic rings. The van der Waals surface area contributed by atoms with E-state index in [2.05, 4.69) is 0 Å². The van der Waals surface area contributed by atoms with Gasteiger partial charge >= 0.3 is 0 Å². The Balaban J connectivity index is 2.17. The van der Waals surface area contributed by atoms with Crippen molar-refractivity contribution in [2.45, 2.75) is 6.42 Å². The standard InChI is InChI=1S/C13H11NO2S2/c15-8-4-7-14-12(16)11(18-13(14)17)9-10-5-2-1-3-6-10/h1-3,5-6,8-9H,4,7H2. The molecule has 1 amide bonds. The Hall–Kier alpha value is -1.46. The maximum Gasteiger partial charge on any atom is 0.266 e. The molecule has 0 aromatic heterocycles. The molecule has 2 rings (SSSR count). The summed E-state index contributed by atoms with van der Waals surface area (Å²) in [5.41, 5.74) is 0.966. The molecule has 3 nitrogen and oxygen atoms in total. The summed E-state index contributed by atoms with van der Waals surface area (Å²) >= 11 is 6.42. The Morgan fingerprint density at radius 3 is 2.67 bits per heavy atom. The van der Waals surface area contributed by atoms with Gasteiger partial charge in [0, 0.05) is 13.0 Å². The number of benzene rings is 1. The second-order valence-electron chi connectivity index (χ2n) is 3.70. The summed E-state index contributed by atoms with van der Waals surface area (Å²) in [6.07, 6.45) is 2.92. The fraction of sp³-hybridized carbons (Fsp3) is 0.154. The van der Waals surface area contributed by atoms with Gasteiger partial charge in [-0.25, -0.2) is 0 Å². The van der Waals surface area contributed by atoms with Gasteiger partial charge in [0.15, 0.2) is 0 Å². The number of hydrogen-bond acceptors (Lipinski definition) is 4. The lowest BCUT2D eigenvalue weighted by Crippen LogP contribution is -2.29. The van der Waals surface area contributed by atoms with E-state index in [0.717, 1.165) is 11.8 Å². The van der Waals surface area contributed by atoms with Gasteiger partial charge in [0.1, 0.15) is 10.6 Å². The molecular formula is C13H11NO2S2. The van der Waals surface area contributed by atoms with Gasteiger partial charge in [-0.1, -0.05) is 54.3 Å². The van der Waals surface area contributed by atoms with Crippen molar-refractivity contribution in [3.05, 3.63) is 40.8 Å². The highest BCUT2D eigenvalue weighted by Crippen LogP contribution is 2.32. The van der Waals surface area contributed by atoms with Gasteiger partial charge in [-0.05, 0) is 11.6 Å². The molecule has 0 radical (unpaired) electrons. The molecule has 92 valence electrons. The highest BCUT2D eigenvalue weighted by Gasteiger charge is 2.31. The van der Waals surface area contributed by atoms with Crippen molar-refractivity contribution >= 4 is 46.6 Å². The molecule has 0 spiro atoms. The summed E-state index contributed by atoms with van der Waals surface area (Å²) in [5, 5.41) is 0. The lowest BCUT2D eigenvalue weighted by atomic mass is 10.2. The monoisotopic (exact) mass is 277 g/mol. The summed E-state index contributed by atoms with van der Waals surface area (Å²) in [6.45, 7) is 0.361. The smallest absolute Gasteiger partial charge is 0.266 e. The second kappa shape index (κ2) is 5.93. The van der Waals surface area contributed by atoms with E-state index < -0.39 is 0 Å². The van der Waals surface area contributed by atoms with Crippen molar-refractivity contribution in [1.82, 2.24) is 4.90 Å². The number of rotatable bonds is 4. The first-order valence-corrected chi connectivity index (χ1v) is 6.69. The number of carbonyl (C=O) groups is 2. The van der Waals surface area contributed by atoms with E-state index in [9.17, 15) is 9.59 Å². The minimum absolute atomic E-state index is 0.115. The molecule has 0 unspecified atom stereocenters. The average molecular weight is 277 g/mol. The number of aldehydes is 1. The quantitative estimate of drug-likeness (QED) is 0.481. The molecule has 1 heterocycles. The lowest BCUT2D eigenvalue weighted by molar-refractivity contribution is -0.122. The van der Waals surface area contributed by atoms with Crippen LogP contribution in [0.2, 0.25) is 0 Å². The molecule has 0 atom stereocenters. The van der Waals surface area contributed by atoms with Crippen LogP contribution in [-0.2, 0) is 9.59 Å². The molecule has 0 bridgehead atoms. The van der Waals surface area contributed by atoms with Gasteiger partial charge < -0.3 is 4.79 Å². The van der Waals surface area contributed by atoms with Crippen LogP contribution in [0.15, 0.2) is 35.2 Å². The lowest BCUT2D eigenvalue weighted by Gasteiger charge is -2.11. The first-order chi connectivity index (χ1) is 8.72. The van der Waals surface area contributed by atoms with E-state index in [4.69, 9.17) is 12.2 Å². The normalized spacial score (nSPS) is 17.6. The number of hydrogen-bond donors (Lipinski definition) is 0. The number of nitrogens with zero attached hydrogens (tertiary/aromatic N) is 1. The number of thiocarbonyl (C=S) groups is 1. The van der Waals surface area contributed by atoms with Crippen molar-refractivity contribution in [1.29, 1.82) is 0 Å². The van der Waals surface area contributed by atoms with Gasteiger partial charge in [-0.3, -0.25) is 9.69 Å². The van der Waals surface area contributed by atoms with Crippen molar-refractivity contribution < 1.29 is 9.59 Å². The predicted molar refractivity (Wildman–Crippen MR) is 77.0 cm³/mol. The van der Waals surface area contributed by atoms with Crippen LogP contribution < -0.4 is 0 Å². The molecule has 5 heteroatoms. The van der Waals surface area contributed by atoms with Crippen LogP contribution >= 0.6 is 24.0 Å². The third kappa shape index (κ3) is 2.86. The zero-order valence-electron chi connectivity index (χ0n) is 9.54. The maximum atomic E-state index is 12.1. The van der Waals surface area contributed by atoms with Crippen LogP contribution in [-0.4, -0.2) is 28.0 Å². The van der Waals surface area contributed by atoms with E-state index in [1.54, 1.807) is 0 Å². The van der Waals surface area contributed by atoms with E-state index in [-0.39, 0.29) is 5.91 Å². The first kappa shape index (κ1) is 13.0. The van der Waals surface area contributed by atoms with Gasteiger partial charge in [-0.2, -0.15) is 0 Å². The third-order valence-corrected chi connectivity index (χ3v) is 3.82. The fourth-order valence-electron chi connectivity index (χ4n) is 1.58. The third-order valence-electron chi connectivity index (χ3n) is 2.44. The van der Waals surface area contributed by atoms with E-state index in [1.807, 2.05) is 36.4 Å². The van der Waals surface area contributed by atoms with Gasteiger partial charge in [0.2, 0.25) is 0 Å². The molecule has 0 N–H and O–H groups in total. The van der Waals surface area contributed by atoms with Crippen molar-refractivity contribution in [3.63, 3.8) is 0 Å². The second-order valence-corrected chi connectivity index (χ2v) is 5.38. The van der Waals surface area contributed by atoms with Crippen LogP contribution in [0.5, 0.6) is 0 Å². The van der Waals surface area contributed by atoms with E-state index >= 15 is 0 Å². The highest BCUT2D eigenvalue weighted by atomic mass is 32.2. The molecule has 0 saturated carbocycles. The van der Waals surface area contributed by atoms with Crippen LogP contribution in [0.4, 0.5) is 0 Å². The van der Waals surface area contributed by atoms with E-state index in [1.165, 1.54) is 16.7 Å². The Morgan fingerprint density at radius 1 is 1.28 bits per heavy atom. The molecule has 1 fully saturated rings. The van der Waals surface area contributed by atoms with Crippen LogP contribution in [0, 0.1) is 0 Å². The van der Waals surface area contributed by atoms with Gasteiger partial charge in [0.25, 0.3) is 5.91 Å². The van der Waals surface area contributed by atoms with Crippen LogP contribution in [0.25, 0.3) is 6.08 Å². The van der Waals surface area contributed by atoms with Crippen molar-refractivity contribution in [3.8, 4) is 0 Å². The summed E-state index contributed by atoms with van der Waals surface area (Å²) in [6, 6.07) is 9.61. The largest absolute Gasteiger partial charge is 0.303 e. The van der Waals surface area contributed by atoms with Crippen LogP contribution in [0.3, 0.4) is 0 Å². The number of amides is 1. The Bertz CT molecular complexity index is 511. The molecular weight excluding hydrogens is 266 g/mol. The highest BCUT2D eigenvalue weighted by molar-refractivity contribution is 8.26. The molecule has 18 heavy (non-hydrogen) atoms. The minimum Gasteiger partial charge on any atom is -0.303 e. The van der Waals surface area contributed by atoms with E-state index in [0.29, 0.717) is 22.2 Å². The summed E-state index contributed by atoms with van der Waals surface area (Å²) in [4.78, 5) is 24.5. The zero-order chi connectivity index (χ0) is 13.0. The summed E-state index contributed by atoms with van der Waals surface area (Å²) < 4.78 is 0.518. The summed E-state index contributed by atoms with van der Waals surface area (Å²) in [7, 11) is 0. The van der Waals surface area contributed by atoms with Crippen LogP contribution in [0.1, 0.15) is 12.0 Å². The molecule has 1 aromatic carbocycles. The van der Waals surface area contributed by atoms with Crippen molar-refractivity contribution in [2.24, 2.45) is 0 Å². The zero-order valence-corrected chi connectivity index (χ0v) is 11.2. The minimum atomic E-state index is -0.115. The number of thioether (sulfide) groups is 1. The molecule has 1 aromatic rings. The maximum absolute atomic E-state index is 12.1. The fourth-order valence-corrected chi connectivity index (χ4v) is 2.88. The Morgan fingerprint density at radius 2 is 2.00 bits per heavy atom.